The quantitative estimate of drug-likeness (QED) is 0.161. The van der Waals surface area contributed by atoms with Gasteiger partial charge in [-0.05, 0) is 93.6 Å². The van der Waals surface area contributed by atoms with Crippen molar-refractivity contribution in [2.45, 2.75) is 108 Å². The van der Waals surface area contributed by atoms with Crippen LogP contribution in [0.15, 0.2) is 47.6 Å². The van der Waals surface area contributed by atoms with Crippen molar-refractivity contribution in [2.24, 2.45) is 5.41 Å². The molecule has 1 aromatic carbocycles. The van der Waals surface area contributed by atoms with Crippen molar-refractivity contribution in [1.29, 1.82) is 0 Å². The summed E-state index contributed by atoms with van der Waals surface area (Å²) in [5, 5.41) is 3.60. The number of nitrogens with one attached hydrogen (secondary N) is 1. The van der Waals surface area contributed by atoms with Crippen LogP contribution in [-0.2, 0) is 26.8 Å². The smallest absolute Gasteiger partial charge is 0.253 e. The van der Waals surface area contributed by atoms with Crippen LogP contribution in [0.2, 0.25) is 0 Å². The van der Waals surface area contributed by atoms with Gasteiger partial charge >= 0.3 is 0 Å². The Hall–Kier alpha value is -5.05. The second-order valence-corrected chi connectivity index (χ2v) is 18.3. The van der Waals surface area contributed by atoms with E-state index < -0.39 is 10.8 Å². The van der Waals surface area contributed by atoms with E-state index in [1.165, 1.54) is 23.5 Å². The SMILES string of the molecule is CC1(Nc2nc(N3CCC(c4ncc(N)cn4)CC3)nc3c2S(=O)CC3)CCC1.CCCC(C)(C)CCOc1c(OC)cc(/C=C/C(=O)N2CCC=CC2=O)cc1OC. The summed E-state index contributed by atoms with van der Waals surface area (Å²) in [6.45, 7) is 11.5. The Bertz CT molecular complexity index is 2020. The van der Waals surface area contributed by atoms with E-state index in [-0.39, 0.29) is 22.8 Å². The molecule has 1 aliphatic carbocycles. The lowest BCUT2D eigenvalue weighted by atomic mass is 9.78. The summed E-state index contributed by atoms with van der Waals surface area (Å²) >= 11 is 0. The number of imide groups is 1. The van der Waals surface area contributed by atoms with Gasteiger partial charge < -0.3 is 30.2 Å². The average molecular weight is 829 g/mol. The number of aromatic nitrogens is 4. The molecule has 5 heterocycles. The number of rotatable bonds is 14. The lowest BCUT2D eigenvalue weighted by Gasteiger charge is -2.40. The normalized spacial score (nSPS) is 18.8. The summed E-state index contributed by atoms with van der Waals surface area (Å²) < 4.78 is 29.6. The fourth-order valence-corrected chi connectivity index (χ4v) is 9.16. The van der Waals surface area contributed by atoms with E-state index >= 15 is 0 Å². The molecule has 1 saturated heterocycles. The Kier molecular flexibility index (Phi) is 14.3. The van der Waals surface area contributed by atoms with E-state index in [9.17, 15) is 13.8 Å². The molecule has 3 N–H and O–H groups in total. The number of amides is 2. The van der Waals surface area contributed by atoms with Gasteiger partial charge in [0.1, 0.15) is 16.5 Å². The van der Waals surface area contributed by atoms with Crippen LogP contribution in [0.3, 0.4) is 0 Å². The molecular formula is C44H60N8O6S. The van der Waals surface area contributed by atoms with Gasteiger partial charge in [-0.15, -0.1) is 0 Å². The van der Waals surface area contributed by atoms with Crippen molar-refractivity contribution in [2.75, 3.05) is 62.2 Å². The van der Waals surface area contributed by atoms with Crippen molar-refractivity contribution < 1.29 is 28.0 Å². The standard InChI is InChI=1S/C24H33NO5.C20H27N7OS/c1-6-12-24(2,3)13-15-30-23-19(28-4)16-18(17-20(23)29-5)10-11-22(27)25-14-8-7-9-21(25)26;1-20(6-2-7-20)26-18-16-15(5-10-29(16)28)24-19(25-18)27-8-3-13(4-9-27)17-22-11-14(21)12-23-17/h7,9-11,16-17H,6,8,12-15H2,1-5H3;11-13H,2-10,21H2,1H3,(H,24,25,26)/b11-10+;. The van der Waals surface area contributed by atoms with Gasteiger partial charge in [-0.1, -0.05) is 33.3 Å². The topological polar surface area (TPSA) is 175 Å². The molecule has 0 radical (unpaired) electrons. The first-order valence-corrected chi connectivity index (χ1v) is 22.1. The van der Waals surface area contributed by atoms with Gasteiger partial charge in [0.2, 0.25) is 11.7 Å². The monoisotopic (exact) mass is 828 g/mol. The summed E-state index contributed by atoms with van der Waals surface area (Å²) in [5.41, 5.74) is 8.23. The van der Waals surface area contributed by atoms with Crippen LogP contribution in [0, 0.1) is 5.41 Å². The minimum Gasteiger partial charge on any atom is -0.493 e. The lowest BCUT2D eigenvalue weighted by molar-refractivity contribution is -0.139. The third-order valence-corrected chi connectivity index (χ3v) is 13.0. The van der Waals surface area contributed by atoms with E-state index in [1.54, 1.807) is 50.9 Å². The number of anilines is 3. The summed E-state index contributed by atoms with van der Waals surface area (Å²) in [6.07, 6.45) is 19.6. The maximum atomic E-state index is 12.5. The number of hydrogen-bond acceptors (Lipinski definition) is 13. The number of nitrogen functional groups attached to an aromatic ring is 1. The number of carbonyl (C=O) groups excluding carboxylic acids is 2. The molecule has 0 spiro atoms. The highest BCUT2D eigenvalue weighted by molar-refractivity contribution is 7.85. The van der Waals surface area contributed by atoms with Crippen LogP contribution >= 0.6 is 0 Å². The molecule has 15 heteroatoms. The molecule has 3 aromatic rings. The third-order valence-electron chi connectivity index (χ3n) is 11.6. The van der Waals surface area contributed by atoms with E-state index in [0.29, 0.717) is 54.2 Å². The Morgan fingerprint density at radius 1 is 1.07 bits per heavy atom. The number of carbonyl (C=O) groups is 2. The van der Waals surface area contributed by atoms with Crippen LogP contribution < -0.4 is 30.2 Å². The van der Waals surface area contributed by atoms with Gasteiger partial charge in [-0.25, -0.2) is 15.0 Å². The summed E-state index contributed by atoms with van der Waals surface area (Å²) in [5.74, 6) is 4.36. The maximum Gasteiger partial charge on any atom is 0.253 e. The second kappa shape index (κ2) is 19.3. The maximum absolute atomic E-state index is 12.5. The molecule has 1 atom stereocenters. The highest BCUT2D eigenvalue weighted by Crippen LogP contribution is 2.41. The van der Waals surface area contributed by atoms with Gasteiger partial charge in [0.05, 0.1) is 55.4 Å². The molecule has 318 valence electrons. The van der Waals surface area contributed by atoms with Crippen LogP contribution in [0.5, 0.6) is 17.2 Å². The van der Waals surface area contributed by atoms with E-state index in [4.69, 9.17) is 29.9 Å². The molecule has 0 bridgehead atoms. The van der Waals surface area contributed by atoms with E-state index in [0.717, 1.165) is 98.2 Å². The van der Waals surface area contributed by atoms with Gasteiger partial charge in [0, 0.05) is 49.3 Å². The molecule has 59 heavy (non-hydrogen) atoms. The molecule has 4 aliphatic rings. The Morgan fingerprint density at radius 3 is 2.37 bits per heavy atom. The minimum atomic E-state index is -1.00. The fourth-order valence-electron chi connectivity index (χ4n) is 7.86. The molecule has 2 aromatic heterocycles. The largest absolute Gasteiger partial charge is 0.493 e. The number of aryl methyl sites for hydroxylation is 1. The van der Waals surface area contributed by atoms with Gasteiger partial charge in [0.15, 0.2) is 11.5 Å². The van der Waals surface area contributed by atoms with Crippen LogP contribution in [0.4, 0.5) is 17.5 Å². The Balaban J connectivity index is 0.000000198. The molecular weight excluding hydrogens is 769 g/mol. The van der Waals surface area contributed by atoms with Crippen molar-refractivity contribution >= 4 is 46.1 Å². The number of nitrogens with zero attached hydrogens (tertiary/aromatic N) is 6. The van der Waals surface area contributed by atoms with Crippen LogP contribution in [0.1, 0.15) is 108 Å². The summed E-state index contributed by atoms with van der Waals surface area (Å²) in [4.78, 5) is 46.9. The summed E-state index contributed by atoms with van der Waals surface area (Å²) in [7, 11) is 2.14. The van der Waals surface area contributed by atoms with Crippen LogP contribution in [0.25, 0.3) is 6.08 Å². The highest BCUT2D eigenvalue weighted by atomic mass is 32.2. The van der Waals surface area contributed by atoms with Gasteiger partial charge in [-0.2, -0.15) is 4.98 Å². The third kappa shape index (κ3) is 11.0. The first kappa shape index (κ1) is 43.5. The van der Waals surface area contributed by atoms with Crippen molar-refractivity contribution in [3.05, 3.63) is 59.8 Å². The Morgan fingerprint density at radius 2 is 1.76 bits per heavy atom. The second-order valence-electron chi connectivity index (χ2n) is 16.7. The highest BCUT2D eigenvalue weighted by Gasteiger charge is 2.36. The molecule has 14 nitrogen and oxygen atoms in total. The fraction of sp³-hybridized carbons (Fsp3) is 0.545. The van der Waals surface area contributed by atoms with E-state index in [2.05, 4.69) is 47.9 Å². The number of piperidine rings is 1. The first-order chi connectivity index (χ1) is 28.3. The first-order valence-electron chi connectivity index (χ1n) is 20.8. The van der Waals surface area contributed by atoms with Crippen molar-refractivity contribution in [3.8, 4) is 17.2 Å². The van der Waals surface area contributed by atoms with Gasteiger partial charge in [-0.3, -0.25) is 18.7 Å². The number of fused-ring (bicyclic) bond motifs is 1. The minimum absolute atomic E-state index is 0.0612. The molecule has 7 rings (SSSR count). The van der Waals surface area contributed by atoms with Crippen LogP contribution in [-0.4, -0.2) is 92.6 Å². The zero-order chi connectivity index (χ0) is 42.2. The predicted octanol–water partition coefficient (Wildman–Crippen LogP) is 6.88. The number of hydrogen-bond donors (Lipinski definition) is 2. The molecule has 3 aliphatic heterocycles. The Labute approximate surface area is 350 Å². The number of nitrogens with two attached hydrogens (primary N) is 1. The van der Waals surface area contributed by atoms with E-state index in [1.807, 2.05) is 0 Å². The zero-order valence-corrected chi connectivity index (χ0v) is 36.2. The number of ether oxygens (including phenoxy) is 3. The predicted molar refractivity (Wildman–Crippen MR) is 231 cm³/mol. The molecule has 1 saturated carbocycles. The lowest BCUT2D eigenvalue weighted by Crippen LogP contribution is -2.42. The molecule has 2 amide bonds. The number of methoxy groups -OCH3 is 2. The number of benzene rings is 1. The summed E-state index contributed by atoms with van der Waals surface area (Å²) in [6, 6.07) is 3.58. The van der Waals surface area contributed by atoms with Crippen molar-refractivity contribution in [3.63, 3.8) is 0 Å². The van der Waals surface area contributed by atoms with Crippen molar-refractivity contribution in [1.82, 2.24) is 24.8 Å². The average Bonchev–Trinajstić information content (AvgIpc) is 3.60. The molecule has 1 unspecified atom stereocenters. The molecule has 2 fully saturated rings. The van der Waals surface area contributed by atoms with Gasteiger partial charge in [0.25, 0.3) is 11.8 Å². The zero-order valence-electron chi connectivity index (χ0n) is 35.4.